The van der Waals surface area contributed by atoms with Gasteiger partial charge in [0.05, 0.1) is 23.9 Å². The topological polar surface area (TPSA) is 36.3 Å². The van der Waals surface area contributed by atoms with E-state index < -0.39 is 0 Å². The molecule has 4 heteroatoms. The minimum atomic E-state index is 0.848. The van der Waals surface area contributed by atoms with E-state index in [1.807, 2.05) is 18.2 Å². The van der Waals surface area contributed by atoms with Crippen LogP contribution >= 0.6 is 11.8 Å². The van der Waals surface area contributed by atoms with Crippen molar-refractivity contribution < 1.29 is 4.74 Å². The summed E-state index contributed by atoms with van der Waals surface area (Å²) < 4.78 is 5.19. The average Bonchev–Trinajstić information content (AvgIpc) is 2.65. The third-order valence-electron chi connectivity index (χ3n) is 2.44. The lowest BCUT2D eigenvalue weighted by molar-refractivity contribution is 0.414. The molecule has 0 radical (unpaired) electrons. The number of rotatable bonds is 2. The van der Waals surface area contributed by atoms with Crippen LogP contribution in [0, 0.1) is 11.3 Å². The molecule has 0 saturated heterocycles. The summed E-state index contributed by atoms with van der Waals surface area (Å²) in [5.41, 5.74) is 1.15. The lowest BCUT2D eigenvalue weighted by Gasteiger charge is -2.17. The molecule has 3 nitrogen and oxygen atoms in total. The summed E-state index contributed by atoms with van der Waals surface area (Å²) in [7, 11) is 1.66. The highest BCUT2D eigenvalue weighted by molar-refractivity contribution is 8.03. The Labute approximate surface area is 99.3 Å². The molecule has 1 aliphatic heterocycles. The van der Waals surface area contributed by atoms with Crippen LogP contribution in [0.1, 0.15) is 6.92 Å². The molecule has 0 saturated carbocycles. The quantitative estimate of drug-likeness (QED) is 0.734. The van der Waals surface area contributed by atoms with E-state index in [4.69, 9.17) is 10.00 Å². The lowest BCUT2D eigenvalue weighted by Crippen LogP contribution is -2.16. The SMILES string of the molecule is CCN1C(=CC#N)Sc2cc(OC)ccc21. The van der Waals surface area contributed by atoms with Gasteiger partial charge in [-0.25, -0.2) is 0 Å². The Morgan fingerprint density at radius 3 is 3.00 bits per heavy atom. The van der Waals surface area contributed by atoms with E-state index in [2.05, 4.69) is 17.9 Å². The van der Waals surface area contributed by atoms with Crippen molar-refractivity contribution in [3.05, 3.63) is 29.3 Å². The van der Waals surface area contributed by atoms with Crippen LogP contribution < -0.4 is 9.64 Å². The maximum atomic E-state index is 8.73. The summed E-state index contributed by atoms with van der Waals surface area (Å²) in [6, 6.07) is 8.05. The number of thioether (sulfide) groups is 1. The van der Waals surface area contributed by atoms with E-state index in [-0.39, 0.29) is 0 Å². The van der Waals surface area contributed by atoms with Crippen molar-refractivity contribution >= 4 is 17.4 Å². The summed E-state index contributed by atoms with van der Waals surface area (Å²) >= 11 is 1.61. The third-order valence-corrected chi connectivity index (χ3v) is 3.54. The summed E-state index contributed by atoms with van der Waals surface area (Å²) in [5, 5.41) is 9.71. The minimum absolute atomic E-state index is 0.848. The van der Waals surface area contributed by atoms with Crippen molar-refractivity contribution in [2.75, 3.05) is 18.6 Å². The van der Waals surface area contributed by atoms with E-state index in [1.54, 1.807) is 24.9 Å². The molecule has 0 unspecified atom stereocenters. The Kier molecular flexibility index (Phi) is 3.07. The molecule has 0 atom stereocenters. The maximum absolute atomic E-state index is 8.73. The molecule has 0 bridgehead atoms. The second kappa shape index (κ2) is 4.50. The number of hydrogen-bond acceptors (Lipinski definition) is 4. The van der Waals surface area contributed by atoms with E-state index in [1.165, 1.54) is 0 Å². The van der Waals surface area contributed by atoms with E-state index >= 15 is 0 Å². The normalized spacial score (nSPS) is 16.1. The Balaban J connectivity index is 2.43. The Hall–Kier alpha value is -1.60. The van der Waals surface area contributed by atoms with Gasteiger partial charge in [0.25, 0.3) is 0 Å². The van der Waals surface area contributed by atoms with E-state index in [0.29, 0.717) is 0 Å². The molecular weight excluding hydrogens is 220 g/mol. The van der Waals surface area contributed by atoms with Gasteiger partial charge >= 0.3 is 0 Å². The number of fused-ring (bicyclic) bond motifs is 1. The number of ether oxygens (including phenoxy) is 1. The summed E-state index contributed by atoms with van der Waals surface area (Å²) in [6.45, 7) is 2.94. The number of methoxy groups -OCH3 is 1. The Bertz CT molecular complexity index is 476. The minimum Gasteiger partial charge on any atom is -0.497 e. The number of nitriles is 1. The highest BCUT2D eigenvalue weighted by Crippen LogP contribution is 2.46. The van der Waals surface area contributed by atoms with Gasteiger partial charge in [-0.3, -0.25) is 0 Å². The van der Waals surface area contributed by atoms with Gasteiger partial charge in [-0.15, -0.1) is 0 Å². The zero-order valence-corrected chi connectivity index (χ0v) is 10.0. The molecule has 0 fully saturated rings. The number of benzene rings is 1. The van der Waals surface area contributed by atoms with Gasteiger partial charge in [0.2, 0.25) is 0 Å². The van der Waals surface area contributed by atoms with Gasteiger partial charge in [-0.1, -0.05) is 11.8 Å². The predicted molar refractivity (Wildman–Crippen MR) is 65.6 cm³/mol. The zero-order valence-electron chi connectivity index (χ0n) is 9.23. The van der Waals surface area contributed by atoms with Crippen molar-refractivity contribution in [2.24, 2.45) is 0 Å². The van der Waals surface area contributed by atoms with Crippen molar-refractivity contribution in [3.63, 3.8) is 0 Å². The first-order chi connectivity index (χ1) is 7.80. The fourth-order valence-corrected chi connectivity index (χ4v) is 2.83. The molecule has 0 N–H and O–H groups in total. The number of hydrogen-bond donors (Lipinski definition) is 0. The van der Waals surface area contributed by atoms with Crippen molar-refractivity contribution in [1.29, 1.82) is 5.26 Å². The highest BCUT2D eigenvalue weighted by Gasteiger charge is 2.24. The van der Waals surface area contributed by atoms with Crippen LogP contribution in [-0.4, -0.2) is 13.7 Å². The second-order valence-electron chi connectivity index (χ2n) is 3.29. The first kappa shape index (κ1) is 10.9. The zero-order chi connectivity index (χ0) is 11.5. The van der Waals surface area contributed by atoms with Crippen molar-refractivity contribution in [3.8, 4) is 11.8 Å². The Morgan fingerprint density at radius 1 is 1.56 bits per heavy atom. The lowest BCUT2D eigenvalue weighted by atomic mass is 10.2. The number of allylic oxidation sites excluding steroid dienone is 1. The van der Waals surface area contributed by atoms with Crippen LogP contribution in [0.5, 0.6) is 5.75 Å². The summed E-state index contributed by atoms with van der Waals surface area (Å²) in [5.74, 6) is 0.848. The van der Waals surface area contributed by atoms with Crippen molar-refractivity contribution in [2.45, 2.75) is 11.8 Å². The molecule has 0 spiro atoms. The predicted octanol–water partition coefficient (Wildman–Crippen LogP) is 2.99. The van der Waals surface area contributed by atoms with E-state index in [0.717, 1.165) is 27.9 Å². The molecule has 82 valence electrons. The van der Waals surface area contributed by atoms with Gasteiger partial charge < -0.3 is 9.64 Å². The van der Waals surface area contributed by atoms with E-state index in [9.17, 15) is 0 Å². The second-order valence-corrected chi connectivity index (χ2v) is 4.35. The van der Waals surface area contributed by atoms with Crippen molar-refractivity contribution in [1.82, 2.24) is 0 Å². The molecule has 1 heterocycles. The van der Waals surface area contributed by atoms with Crippen LogP contribution in [0.2, 0.25) is 0 Å². The molecule has 1 aliphatic rings. The summed E-state index contributed by atoms with van der Waals surface area (Å²) in [4.78, 5) is 3.27. The maximum Gasteiger partial charge on any atom is 0.120 e. The fourth-order valence-electron chi connectivity index (χ4n) is 1.70. The van der Waals surface area contributed by atoms with Crippen LogP contribution in [0.25, 0.3) is 0 Å². The molecule has 1 aromatic rings. The van der Waals surface area contributed by atoms with Crippen LogP contribution in [0.3, 0.4) is 0 Å². The molecule has 1 aromatic carbocycles. The standard InChI is InChI=1S/C12H12N2OS/c1-3-14-10-5-4-9(15-2)8-11(10)16-12(14)6-7-13/h4-6,8H,3H2,1-2H3. The first-order valence-corrected chi connectivity index (χ1v) is 5.85. The van der Waals surface area contributed by atoms with Crippen LogP contribution in [0.4, 0.5) is 5.69 Å². The highest BCUT2D eigenvalue weighted by atomic mass is 32.2. The third kappa shape index (κ3) is 1.74. The molecule has 16 heavy (non-hydrogen) atoms. The van der Waals surface area contributed by atoms with Gasteiger partial charge in [0.15, 0.2) is 0 Å². The smallest absolute Gasteiger partial charge is 0.120 e. The van der Waals surface area contributed by atoms with Gasteiger partial charge in [-0.2, -0.15) is 5.26 Å². The molecule has 0 amide bonds. The monoisotopic (exact) mass is 232 g/mol. The summed E-state index contributed by atoms with van der Waals surface area (Å²) in [6.07, 6.45) is 1.58. The van der Waals surface area contributed by atoms with Crippen LogP contribution in [-0.2, 0) is 0 Å². The molecule has 0 aromatic heterocycles. The molecular formula is C12H12N2OS. The first-order valence-electron chi connectivity index (χ1n) is 5.03. The molecule has 0 aliphatic carbocycles. The van der Waals surface area contributed by atoms with Gasteiger partial charge in [-0.05, 0) is 25.1 Å². The van der Waals surface area contributed by atoms with Gasteiger partial charge in [0.1, 0.15) is 5.75 Å². The number of anilines is 1. The Morgan fingerprint density at radius 2 is 2.38 bits per heavy atom. The fraction of sp³-hybridized carbons (Fsp3) is 0.250. The average molecular weight is 232 g/mol. The largest absolute Gasteiger partial charge is 0.497 e. The number of nitrogens with zero attached hydrogens (tertiary/aromatic N) is 2. The molecule has 2 rings (SSSR count). The van der Waals surface area contributed by atoms with Gasteiger partial charge in [0, 0.05) is 17.5 Å². The van der Waals surface area contributed by atoms with Crippen LogP contribution in [0.15, 0.2) is 34.2 Å².